The second kappa shape index (κ2) is 4.84. The normalized spacial score (nSPS) is 10.1. The van der Waals surface area contributed by atoms with Crippen molar-refractivity contribution in [2.75, 3.05) is 18.5 Å². The quantitative estimate of drug-likeness (QED) is 0.753. The van der Waals surface area contributed by atoms with E-state index in [0.717, 1.165) is 23.4 Å². The lowest BCUT2D eigenvalue weighted by atomic mass is 10.1. The van der Waals surface area contributed by atoms with Gasteiger partial charge in [-0.1, -0.05) is 19.9 Å². The van der Waals surface area contributed by atoms with E-state index >= 15 is 0 Å². The van der Waals surface area contributed by atoms with Gasteiger partial charge in [-0.3, -0.25) is 0 Å². The van der Waals surface area contributed by atoms with E-state index in [2.05, 4.69) is 24.8 Å². The van der Waals surface area contributed by atoms with Crippen LogP contribution in [0.3, 0.4) is 0 Å². The Morgan fingerprint density at radius 2 is 2.07 bits per heavy atom. The molecule has 2 nitrogen and oxygen atoms in total. The fraction of sp³-hybridized carbons (Fsp3) is 0.462. The average molecular weight is 202 g/mol. The van der Waals surface area contributed by atoms with E-state index in [1.54, 1.807) is 0 Å². The van der Waals surface area contributed by atoms with E-state index in [9.17, 15) is 0 Å². The van der Waals surface area contributed by atoms with Crippen molar-refractivity contribution in [3.63, 3.8) is 0 Å². The highest BCUT2D eigenvalue weighted by atomic mass is 15.1. The molecule has 0 unspecified atom stereocenters. The lowest BCUT2D eigenvalue weighted by Gasteiger charge is -2.22. The largest absolute Gasteiger partial charge is 0.373 e. The molecule has 0 aliphatic carbocycles. The number of nitrogens with zero attached hydrogens (tertiary/aromatic N) is 2. The zero-order chi connectivity index (χ0) is 11.4. The van der Waals surface area contributed by atoms with Crippen molar-refractivity contribution in [2.45, 2.75) is 20.8 Å². The molecule has 0 radical (unpaired) electrons. The zero-order valence-electron chi connectivity index (χ0n) is 9.91. The van der Waals surface area contributed by atoms with Crippen molar-refractivity contribution in [3.05, 3.63) is 29.3 Å². The van der Waals surface area contributed by atoms with Crippen molar-refractivity contribution < 1.29 is 0 Å². The molecule has 0 N–H and O–H groups in total. The van der Waals surface area contributed by atoms with E-state index in [1.807, 2.05) is 32.2 Å². The molecule has 2 heteroatoms. The van der Waals surface area contributed by atoms with Crippen LogP contribution in [0, 0.1) is 24.2 Å². The van der Waals surface area contributed by atoms with Crippen LogP contribution in [0.5, 0.6) is 0 Å². The van der Waals surface area contributed by atoms with Crippen LogP contribution in [0.2, 0.25) is 0 Å². The minimum absolute atomic E-state index is 0.600. The Bertz CT molecular complexity index is 375. The smallest absolute Gasteiger partial charge is 0.101 e. The van der Waals surface area contributed by atoms with Gasteiger partial charge in [0.2, 0.25) is 0 Å². The van der Waals surface area contributed by atoms with E-state index in [4.69, 9.17) is 5.26 Å². The number of anilines is 1. The number of hydrogen-bond acceptors (Lipinski definition) is 2. The second-order valence-electron chi connectivity index (χ2n) is 4.41. The Balaban J connectivity index is 2.99. The van der Waals surface area contributed by atoms with E-state index in [0.29, 0.717) is 5.92 Å². The number of rotatable bonds is 3. The molecule has 0 aliphatic heterocycles. The summed E-state index contributed by atoms with van der Waals surface area (Å²) in [5, 5.41) is 9.05. The third-order valence-electron chi connectivity index (χ3n) is 2.32. The van der Waals surface area contributed by atoms with Gasteiger partial charge in [0.25, 0.3) is 0 Å². The third-order valence-corrected chi connectivity index (χ3v) is 2.32. The van der Waals surface area contributed by atoms with Gasteiger partial charge < -0.3 is 4.90 Å². The van der Waals surface area contributed by atoms with Crippen molar-refractivity contribution in [3.8, 4) is 6.07 Å². The maximum Gasteiger partial charge on any atom is 0.101 e. The summed E-state index contributed by atoms with van der Waals surface area (Å²) in [6.45, 7) is 7.33. The molecular formula is C13H18N2. The number of benzene rings is 1. The molecule has 15 heavy (non-hydrogen) atoms. The standard InChI is InChI=1S/C13H18N2/c1-10(2)9-15(4)13-6-5-11(3)7-12(13)8-14/h5-7,10H,9H2,1-4H3. The minimum Gasteiger partial charge on any atom is -0.373 e. The molecule has 0 heterocycles. The van der Waals surface area contributed by atoms with Gasteiger partial charge in [0.1, 0.15) is 6.07 Å². The maximum absolute atomic E-state index is 9.05. The lowest BCUT2D eigenvalue weighted by molar-refractivity contribution is 0.638. The van der Waals surface area contributed by atoms with E-state index in [1.165, 1.54) is 0 Å². The van der Waals surface area contributed by atoms with E-state index < -0.39 is 0 Å². The van der Waals surface area contributed by atoms with Crippen molar-refractivity contribution in [1.29, 1.82) is 5.26 Å². The maximum atomic E-state index is 9.05. The summed E-state index contributed by atoms with van der Waals surface area (Å²) < 4.78 is 0. The summed E-state index contributed by atoms with van der Waals surface area (Å²) in [5.74, 6) is 0.600. The second-order valence-corrected chi connectivity index (χ2v) is 4.41. The summed E-state index contributed by atoms with van der Waals surface area (Å²) in [6, 6.07) is 8.26. The molecule has 0 fully saturated rings. The number of hydrogen-bond donors (Lipinski definition) is 0. The summed E-state index contributed by atoms with van der Waals surface area (Å²) >= 11 is 0. The highest BCUT2D eigenvalue weighted by Gasteiger charge is 2.08. The monoisotopic (exact) mass is 202 g/mol. The lowest BCUT2D eigenvalue weighted by Crippen LogP contribution is -2.23. The van der Waals surface area contributed by atoms with Crippen LogP contribution in [0.25, 0.3) is 0 Å². The molecule has 0 atom stereocenters. The van der Waals surface area contributed by atoms with Gasteiger partial charge in [0.15, 0.2) is 0 Å². The van der Waals surface area contributed by atoms with Gasteiger partial charge >= 0.3 is 0 Å². The van der Waals surface area contributed by atoms with Crippen LogP contribution in [0.1, 0.15) is 25.0 Å². The highest BCUT2D eigenvalue weighted by Crippen LogP contribution is 2.20. The van der Waals surface area contributed by atoms with Crippen LogP contribution in [-0.2, 0) is 0 Å². The Morgan fingerprint density at radius 3 is 2.60 bits per heavy atom. The molecule has 0 amide bonds. The summed E-state index contributed by atoms with van der Waals surface area (Å²) in [4.78, 5) is 2.14. The first kappa shape index (κ1) is 11.6. The molecule has 1 aromatic rings. The first-order valence-corrected chi connectivity index (χ1v) is 5.26. The number of nitriles is 1. The summed E-state index contributed by atoms with van der Waals surface area (Å²) in [6.07, 6.45) is 0. The molecular weight excluding hydrogens is 184 g/mol. The Morgan fingerprint density at radius 1 is 1.40 bits per heavy atom. The molecule has 1 rings (SSSR count). The molecule has 0 aromatic heterocycles. The summed E-state index contributed by atoms with van der Waals surface area (Å²) in [5.41, 5.74) is 2.92. The third kappa shape index (κ3) is 2.99. The molecule has 0 saturated carbocycles. The van der Waals surface area contributed by atoms with Crippen LogP contribution in [0.4, 0.5) is 5.69 Å². The SMILES string of the molecule is Cc1ccc(N(C)CC(C)C)c(C#N)c1. The van der Waals surface area contributed by atoms with Gasteiger partial charge in [-0.15, -0.1) is 0 Å². The molecule has 1 aromatic carbocycles. The van der Waals surface area contributed by atoms with E-state index in [-0.39, 0.29) is 0 Å². The molecule has 0 bridgehead atoms. The van der Waals surface area contributed by atoms with Gasteiger partial charge in [-0.25, -0.2) is 0 Å². The Labute approximate surface area is 92.1 Å². The highest BCUT2D eigenvalue weighted by molar-refractivity contribution is 5.59. The topological polar surface area (TPSA) is 27.0 Å². The predicted octanol–water partition coefficient (Wildman–Crippen LogP) is 2.96. The first-order valence-electron chi connectivity index (χ1n) is 5.26. The molecule has 0 aliphatic rings. The molecule has 0 saturated heterocycles. The first-order chi connectivity index (χ1) is 7.04. The van der Waals surface area contributed by atoms with Crippen LogP contribution >= 0.6 is 0 Å². The Kier molecular flexibility index (Phi) is 3.74. The van der Waals surface area contributed by atoms with Crippen LogP contribution in [-0.4, -0.2) is 13.6 Å². The zero-order valence-corrected chi connectivity index (χ0v) is 9.91. The van der Waals surface area contributed by atoms with Crippen molar-refractivity contribution in [2.24, 2.45) is 5.92 Å². The van der Waals surface area contributed by atoms with Crippen molar-refractivity contribution in [1.82, 2.24) is 0 Å². The van der Waals surface area contributed by atoms with Gasteiger partial charge in [0, 0.05) is 13.6 Å². The molecule has 80 valence electrons. The van der Waals surface area contributed by atoms with Gasteiger partial charge in [-0.2, -0.15) is 5.26 Å². The fourth-order valence-electron chi connectivity index (χ4n) is 1.72. The average Bonchev–Trinajstić information content (AvgIpc) is 2.16. The predicted molar refractivity (Wildman–Crippen MR) is 64.0 cm³/mol. The van der Waals surface area contributed by atoms with Crippen LogP contribution < -0.4 is 4.90 Å². The molecule has 0 spiro atoms. The van der Waals surface area contributed by atoms with Crippen molar-refractivity contribution >= 4 is 5.69 Å². The summed E-state index contributed by atoms with van der Waals surface area (Å²) in [7, 11) is 2.03. The minimum atomic E-state index is 0.600. The van der Waals surface area contributed by atoms with Crippen LogP contribution in [0.15, 0.2) is 18.2 Å². The number of aryl methyl sites for hydroxylation is 1. The Hall–Kier alpha value is -1.49. The van der Waals surface area contributed by atoms with Gasteiger partial charge in [0.05, 0.1) is 11.3 Å². The fourth-order valence-corrected chi connectivity index (χ4v) is 1.72. The van der Waals surface area contributed by atoms with Gasteiger partial charge in [-0.05, 0) is 30.5 Å².